The summed E-state index contributed by atoms with van der Waals surface area (Å²) < 4.78 is 5.91. The predicted octanol–water partition coefficient (Wildman–Crippen LogP) is 3.41. The van der Waals surface area contributed by atoms with Crippen LogP contribution >= 0.6 is 0 Å². The second-order valence-electron chi connectivity index (χ2n) is 7.21. The summed E-state index contributed by atoms with van der Waals surface area (Å²) in [6.07, 6.45) is 0. The number of hydrogen-bond acceptors (Lipinski definition) is 4. The molecule has 0 unspecified atom stereocenters. The maximum Gasteiger partial charge on any atom is 0.313 e. The molecule has 2 N–H and O–H groups in total. The number of aryl methyl sites for hydroxylation is 2. The van der Waals surface area contributed by atoms with Gasteiger partial charge in [-0.3, -0.25) is 14.5 Å². The molecule has 0 bridgehead atoms. The second-order valence-corrected chi connectivity index (χ2v) is 7.21. The third-order valence-corrected chi connectivity index (χ3v) is 4.54. The van der Waals surface area contributed by atoms with Crippen molar-refractivity contribution in [1.29, 1.82) is 0 Å². The van der Waals surface area contributed by atoms with Gasteiger partial charge in [0.25, 0.3) is 0 Å². The molecule has 0 radical (unpaired) electrons. The summed E-state index contributed by atoms with van der Waals surface area (Å²) in [5.74, 6) is -0.629. The quantitative estimate of drug-likeness (QED) is 0.666. The van der Waals surface area contributed by atoms with Crippen molar-refractivity contribution in [3.05, 3.63) is 65.4 Å². The van der Waals surface area contributed by atoms with Gasteiger partial charge in [-0.1, -0.05) is 24.3 Å². The summed E-state index contributed by atoms with van der Waals surface area (Å²) in [4.78, 5) is 26.5. The van der Waals surface area contributed by atoms with Crippen LogP contribution in [-0.2, 0) is 9.59 Å². The highest BCUT2D eigenvalue weighted by molar-refractivity contribution is 6.39. The number of likely N-dealkylation sites (N-methyl/N-ethyl adjacent to an activating group) is 1. The van der Waals surface area contributed by atoms with Crippen molar-refractivity contribution < 1.29 is 14.0 Å². The van der Waals surface area contributed by atoms with Gasteiger partial charge in [0.05, 0.1) is 6.04 Å². The topological polar surface area (TPSA) is 74.6 Å². The normalized spacial score (nSPS) is 12.2. The minimum absolute atomic E-state index is 0.189. The Morgan fingerprint density at radius 2 is 1.68 bits per heavy atom. The monoisotopic (exact) mass is 379 g/mol. The zero-order valence-corrected chi connectivity index (χ0v) is 16.6. The molecule has 1 atom stereocenters. The van der Waals surface area contributed by atoms with Crippen LogP contribution in [0, 0.1) is 13.8 Å². The second kappa shape index (κ2) is 8.27. The molecule has 3 rings (SSSR count). The van der Waals surface area contributed by atoms with Crippen LogP contribution in [0.15, 0.2) is 52.9 Å². The number of furan rings is 1. The first-order valence-corrected chi connectivity index (χ1v) is 9.16. The third-order valence-electron chi connectivity index (χ3n) is 4.54. The van der Waals surface area contributed by atoms with E-state index in [-0.39, 0.29) is 12.6 Å². The van der Waals surface area contributed by atoms with Crippen LogP contribution in [-0.4, -0.2) is 37.4 Å². The Hall–Kier alpha value is -3.12. The van der Waals surface area contributed by atoms with E-state index in [4.69, 9.17) is 4.42 Å². The standard InChI is InChI=1S/C22H25N3O3/c1-14-9-15(2)11-17(10-14)24-22(27)21(26)23-13-18(25(3)4)20-12-16-7-5-6-8-19(16)28-20/h5-12,18H,13H2,1-4H3,(H,23,26)(H,24,27)/t18-/m0/s1. The molecule has 0 aliphatic carbocycles. The van der Waals surface area contributed by atoms with Crippen LogP contribution in [0.4, 0.5) is 5.69 Å². The molecule has 6 nitrogen and oxygen atoms in total. The fourth-order valence-corrected chi connectivity index (χ4v) is 3.21. The van der Waals surface area contributed by atoms with Crippen molar-refractivity contribution in [1.82, 2.24) is 10.2 Å². The van der Waals surface area contributed by atoms with Gasteiger partial charge in [0.15, 0.2) is 0 Å². The molecule has 0 aliphatic rings. The van der Waals surface area contributed by atoms with E-state index in [2.05, 4.69) is 10.6 Å². The number of amides is 2. The summed E-state index contributed by atoms with van der Waals surface area (Å²) in [5, 5.41) is 6.36. The van der Waals surface area contributed by atoms with Crippen LogP contribution in [0.3, 0.4) is 0 Å². The van der Waals surface area contributed by atoms with E-state index >= 15 is 0 Å². The molecule has 2 aromatic carbocycles. The number of anilines is 1. The molecule has 3 aromatic rings. The summed E-state index contributed by atoms with van der Waals surface area (Å²) >= 11 is 0. The van der Waals surface area contributed by atoms with Gasteiger partial charge >= 0.3 is 11.8 Å². The number of nitrogens with zero attached hydrogens (tertiary/aromatic N) is 1. The lowest BCUT2D eigenvalue weighted by atomic mass is 10.1. The van der Waals surface area contributed by atoms with Gasteiger partial charge in [-0.05, 0) is 63.3 Å². The molecule has 0 saturated heterocycles. The lowest BCUT2D eigenvalue weighted by Gasteiger charge is -2.22. The average molecular weight is 379 g/mol. The summed E-state index contributed by atoms with van der Waals surface area (Å²) in [6, 6.07) is 15.2. The first-order valence-electron chi connectivity index (χ1n) is 9.16. The highest BCUT2D eigenvalue weighted by Crippen LogP contribution is 2.26. The lowest BCUT2D eigenvalue weighted by molar-refractivity contribution is -0.136. The van der Waals surface area contributed by atoms with Gasteiger partial charge in [-0.2, -0.15) is 0 Å². The van der Waals surface area contributed by atoms with Crippen molar-refractivity contribution >= 4 is 28.5 Å². The minimum atomic E-state index is -0.688. The van der Waals surface area contributed by atoms with Crippen molar-refractivity contribution in [2.45, 2.75) is 19.9 Å². The van der Waals surface area contributed by atoms with Crippen LogP contribution in [0.2, 0.25) is 0 Å². The molecule has 146 valence electrons. The van der Waals surface area contributed by atoms with Gasteiger partial charge in [0, 0.05) is 17.6 Å². The number of hydrogen-bond donors (Lipinski definition) is 2. The third kappa shape index (κ3) is 4.58. The van der Waals surface area contributed by atoms with E-state index in [1.54, 1.807) is 0 Å². The number of para-hydroxylation sites is 1. The van der Waals surface area contributed by atoms with E-state index < -0.39 is 11.8 Å². The number of carbonyl (C=O) groups excluding carboxylic acids is 2. The molecule has 0 spiro atoms. The van der Waals surface area contributed by atoms with Crippen LogP contribution in [0.25, 0.3) is 11.0 Å². The molecule has 2 amide bonds. The molecule has 1 heterocycles. The smallest absolute Gasteiger partial charge is 0.313 e. The predicted molar refractivity (Wildman–Crippen MR) is 110 cm³/mol. The zero-order chi connectivity index (χ0) is 20.3. The summed E-state index contributed by atoms with van der Waals surface area (Å²) in [6.45, 7) is 4.14. The Balaban J connectivity index is 1.65. The number of rotatable bonds is 5. The number of fused-ring (bicyclic) bond motifs is 1. The molecular formula is C22H25N3O3. The Morgan fingerprint density at radius 1 is 1.00 bits per heavy atom. The van der Waals surface area contributed by atoms with E-state index in [0.29, 0.717) is 5.69 Å². The van der Waals surface area contributed by atoms with Gasteiger partial charge in [-0.25, -0.2) is 0 Å². The Kier molecular flexibility index (Phi) is 5.80. The van der Waals surface area contributed by atoms with Crippen molar-refractivity contribution in [2.24, 2.45) is 0 Å². The first-order chi connectivity index (χ1) is 13.3. The largest absolute Gasteiger partial charge is 0.459 e. The summed E-state index contributed by atoms with van der Waals surface area (Å²) in [7, 11) is 3.80. The van der Waals surface area contributed by atoms with Crippen LogP contribution < -0.4 is 10.6 Å². The molecule has 0 saturated carbocycles. The number of benzene rings is 2. The van der Waals surface area contributed by atoms with Crippen molar-refractivity contribution in [3.8, 4) is 0 Å². The summed E-state index contributed by atoms with van der Waals surface area (Å²) in [5.41, 5.74) is 3.45. The molecule has 1 aromatic heterocycles. The van der Waals surface area contributed by atoms with E-state index in [1.807, 2.05) is 81.4 Å². The molecule has 0 fully saturated rings. The minimum Gasteiger partial charge on any atom is -0.459 e. The lowest BCUT2D eigenvalue weighted by Crippen LogP contribution is -2.40. The molecular weight excluding hydrogens is 354 g/mol. The Morgan fingerprint density at radius 3 is 2.32 bits per heavy atom. The van der Waals surface area contributed by atoms with E-state index in [1.165, 1.54) is 0 Å². The molecule has 6 heteroatoms. The van der Waals surface area contributed by atoms with E-state index in [0.717, 1.165) is 27.9 Å². The van der Waals surface area contributed by atoms with Gasteiger partial charge in [0.2, 0.25) is 0 Å². The average Bonchev–Trinajstić information content (AvgIpc) is 3.04. The fourth-order valence-electron chi connectivity index (χ4n) is 3.21. The highest BCUT2D eigenvalue weighted by Gasteiger charge is 2.22. The number of nitrogens with one attached hydrogen (secondary N) is 2. The SMILES string of the molecule is Cc1cc(C)cc(NC(=O)C(=O)NC[C@@H](c2cc3ccccc3o2)N(C)C)c1. The van der Waals surface area contributed by atoms with Gasteiger partial charge in [0.1, 0.15) is 11.3 Å². The number of carbonyl (C=O) groups is 2. The van der Waals surface area contributed by atoms with Crippen LogP contribution in [0.1, 0.15) is 22.9 Å². The molecule has 0 aliphatic heterocycles. The van der Waals surface area contributed by atoms with Crippen molar-refractivity contribution in [3.63, 3.8) is 0 Å². The van der Waals surface area contributed by atoms with Gasteiger partial charge < -0.3 is 15.1 Å². The van der Waals surface area contributed by atoms with E-state index in [9.17, 15) is 9.59 Å². The van der Waals surface area contributed by atoms with Crippen LogP contribution in [0.5, 0.6) is 0 Å². The highest BCUT2D eigenvalue weighted by atomic mass is 16.3. The van der Waals surface area contributed by atoms with Crippen molar-refractivity contribution in [2.75, 3.05) is 26.0 Å². The Labute approximate surface area is 164 Å². The zero-order valence-electron chi connectivity index (χ0n) is 16.6. The maximum absolute atomic E-state index is 12.3. The van der Waals surface area contributed by atoms with Gasteiger partial charge in [-0.15, -0.1) is 0 Å². The fraction of sp³-hybridized carbons (Fsp3) is 0.273. The Bertz CT molecular complexity index is 954. The first kappa shape index (κ1) is 19.6. The molecule has 28 heavy (non-hydrogen) atoms. The maximum atomic E-state index is 12.3.